The fourth-order valence-electron chi connectivity index (χ4n) is 1.57. The second-order valence-corrected chi connectivity index (χ2v) is 3.17. The van der Waals surface area contributed by atoms with Crippen LogP contribution >= 0.6 is 0 Å². The predicted molar refractivity (Wildman–Crippen MR) is 52.2 cm³/mol. The summed E-state index contributed by atoms with van der Waals surface area (Å²) in [4.78, 5) is 3.18. The number of aromatic amines is 1. The average molecular weight is 160 g/mol. The maximum absolute atomic E-state index is 5.89. The molecule has 2 aromatic rings. The summed E-state index contributed by atoms with van der Waals surface area (Å²) in [6.07, 6.45) is 1.94. The van der Waals surface area contributed by atoms with Crippen LogP contribution in [0.1, 0.15) is 11.1 Å². The maximum Gasteiger partial charge on any atom is 0.0504 e. The van der Waals surface area contributed by atoms with Gasteiger partial charge in [-0.15, -0.1) is 0 Å². The van der Waals surface area contributed by atoms with Crippen molar-refractivity contribution in [2.75, 3.05) is 5.73 Å². The second-order valence-electron chi connectivity index (χ2n) is 3.17. The zero-order valence-corrected chi connectivity index (χ0v) is 7.31. The molecule has 2 rings (SSSR count). The van der Waals surface area contributed by atoms with Crippen LogP contribution in [-0.4, -0.2) is 4.98 Å². The number of benzene rings is 1. The van der Waals surface area contributed by atoms with Crippen molar-refractivity contribution in [2.24, 2.45) is 0 Å². The average Bonchev–Trinajstić information content (AvgIpc) is 2.48. The van der Waals surface area contributed by atoms with Crippen LogP contribution in [0.25, 0.3) is 10.9 Å². The fraction of sp³-hybridized carbons (Fsp3) is 0.200. The molecule has 0 saturated heterocycles. The molecule has 0 amide bonds. The van der Waals surface area contributed by atoms with Gasteiger partial charge in [-0.25, -0.2) is 0 Å². The third-order valence-corrected chi connectivity index (χ3v) is 2.36. The van der Waals surface area contributed by atoms with Crippen molar-refractivity contribution in [2.45, 2.75) is 13.8 Å². The molecule has 0 aliphatic heterocycles. The van der Waals surface area contributed by atoms with Crippen LogP contribution in [0.3, 0.4) is 0 Å². The molecule has 1 aromatic heterocycles. The lowest BCUT2D eigenvalue weighted by molar-refractivity contribution is 1.39. The molecule has 0 fully saturated rings. The first-order chi connectivity index (χ1) is 5.70. The summed E-state index contributed by atoms with van der Waals surface area (Å²) in [5.41, 5.74) is 10.2. The van der Waals surface area contributed by atoms with E-state index in [0.29, 0.717) is 0 Å². The Hall–Kier alpha value is -1.44. The summed E-state index contributed by atoms with van der Waals surface area (Å²) < 4.78 is 0. The Labute approximate surface area is 71.4 Å². The first-order valence-electron chi connectivity index (χ1n) is 4.03. The number of hydrogen-bond acceptors (Lipinski definition) is 1. The minimum atomic E-state index is 0.893. The summed E-state index contributed by atoms with van der Waals surface area (Å²) in [5, 5.41) is 1.24. The van der Waals surface area contributed by atoms with Gasteiger partial charge in [0.05, 0.1) is 5.52 Å². The van der Waals surface area contributed by atoms with E-state index in [4.69, 9.17) is 5.73 Å². The van der Waals surface area contributed by atoms with E-state index < -0.39 is 0 Å². The van der Waals surface area contributed by atoms with Gasteiger partial charge in [0.1, 0.15) is 0 Å². The van der Waals surface area contributed by atoms with Crippen LogP contribution in [0.5, 0.6) is 0 Å². The van der Waals surface area contributed by atoms with Crippen molar-refractivity contribution < 1.29 is 0 Å². The van der Waals surface area contributed by atoms with E-state index >= 15 is 0 Å². The summed E-state index contributed by atoms with van der Waals surface area (Å²) in [6.45, 7) is 4.08. The summed E-state index contributed by atoms with van der Waals surface area (Å²) >= 11 is 0. The molecule has 0 bridgehead atoms. The van der Waals surface area contributed by atoms with Crippen LogP contribution in [0.15, 0.2) is 18.3 Å². The Bertz CT molecular complexity index is 427. The molecule has 2 heteroatoms. The molecule has 2 nitrogen and oxygen atoms in total. The number of fused-ring (bicyclic) bond motifs is 1. The predicted octanol–water partition coefficient (Wildman–Crippen LogP) is 2.37. The Morgan fingerprint density at radius 1 is 1.33 bits per heavy atom. The highest BCUT2D eigenvalue weighted by atomic mass is 14.7. The van der Waals surface area contributed by atoms with Gasteiger partial charge in [0, 0.05) is 17.3 Å². The standard InChI is InChI=1S/C10H12N2/c1-6-5-8-3-4-12-10(8)7(2)9(6)11/h3-5,12H,11H2,1-2H3. The highest BCUT2D eigenvalue weighted by molar-refractivity contribution is 5.88. The zero-order valence-electron chi connectivity index (χ0n) is 7.31. The lowest BCUT2D eigenvalue weighted by atomic mass is 10.1. The van der Waals surface area contributed by atoms with Gasteiger partial charge in [-0.2, -0.15) is 0 Å². The van der Waals surface area contributed by atoms with Gasteiger partial charge in [0.25, 0.3) is 0 Å². The Kier molecular flexibility index (Phi) is 1.37. The van der Waals surface area contributed by atoms with Gasteiger partial charge in [-0.1, -0.05) is 0 Å². The number of aromatic nitrogens is 1. The monoisotopic (exact) mass is 160 g/mol. The van der Waals surface area contributed by atoms with Crippen LogP contribution in [0.2, 0.25) is 0 Å². The zero-order chi connectivity index (χ0) is 8.72. The van der Waals surface area contributed by atoms with Crippen molar-refractivity contribution in [3.63, 3.8) is 0 Å². The van der Waals surface area contributed by atoms with Crippen molar-refractivity contribution in [3.05, 3.63) is 29.5 Å². The molecule has 3 N–H and O–H groups in total. The largest absolute Gasteiger partial charge is 0.398 e. The highest BCUT2D eigenvalue weighted by Crippen LogP contribution is 2.25. The van der Waals surface area contributed by atoms with Gasteiger partial charge < -0.3 is 10.7 Å². The fourth-order valence-corrected chi connectivity index (χ4v) is 1.57. The van der Waals surface area contributed by atoms with Gasteiger partial charge in [0.2, 0.25) is 0 Å². The molecule has 0 spiro atoms. The minimum Gasteiger partial charge on any atom is -0.398 e. The van der Waals surface area contributed by atoms with E-state index in [1.165, 1.54) is 5.39 Å². The molecule has 12 heavy (non-hydrogen) atoms. The summed E-state index contributed by atoms with van der Waals surface area (Å²) in [5.74, 6) is 0. The number of hydrogen-bond donors (Lipinski definition) is 2. The third-order valence-electron chi connectivity index (χ3n) is 2.36. The van der Waals surface area contributed by atoms with Crippen molar-refractivity contribution in [3.8, 4) is 0 Å². The number of nitrogens with two attached hydrogens (primary N) is 1. The Morgan fingerprint density at radius 3 is 2.83 bits per heavy atom. The quantitative estimate of drug-likeness (QED) is 0.571. The Morgan fingerprint density at radius 2 is 2.08 bits per heavy atom. The van der Waals surface area contributed by atoms with E-state index in [1.807, 2.05) is 20.0 Å². The van der Waals surface area contributed by atoms with Crippen molar-refractivity contribution in [1.82, 2.24) is 4.98 Å². The number of H-pyrrole nitrogens is 1. The van der Waals surface area contributed by atoms with Gasteiger partial charge in [-0.05, 0) is 37.1 Å². The van der Waals surface area contributed by atoms with E-state index in [2.05, 4.69) is 17.1 Å². The van der Waals surface area contributed by atoms with E-state index in [0.717, 1.165) is 22.3 Å². The smallest absolute Gasteiger partial charge is 0.0504 e. The number of rotatable bonds is 0. The summed E-state index contributed by atoms with van der Waals surface area (Å²) in [6, 6.07) is 4.17. The van der Waals surface area contributed by atoms with Crippen molar-refractivity contribution in [1.29, 1.82) is 0 Å². The van der Waals surface area contributed by atoms with Gasteiger partial charge in [-0.3, -0.25) is 0 Å². The van der Waals surface area contributed by atoms with Crippen LogP contribution in [0, 0.1) is 13.8 Å². The molecule has 0 atom stereocenters. The van der Waals surface area contributed by atoms with E-state index in [9.17, 15) is 0 Å². The van der Waals surface area contributed by atoms with E-state index in [-0.39, 0.29) is 0 Å². The number of anilines is 1. The minimum absolute atomic E-state index is 0.893. The first kappa shape index (κ1) is 7.22. The molecule has 0 unspecified atom stereocenters. The molecule has 1 aromatic carbocycles. The SMILES string of the molecule is Cc1cc2cc[nH]c2c(C)c1N. The van der Waals surface area contributed by atoms with Gasteiger partial charge in [0.15, 0.2) is 0 Å². The number of nitrogens with one attached hydrogen (secondary N) is 1. The molecule has 62 valence electrons. The molecular weight excluding hydrogens is 148 g/mol. The molecule has 0 radical (unpaired) electrons. The molecule has 0 aliphatic carbocycles. The maximum atomic E-state index is 5.89. The normalized spacial score (nSPS) is 10.8. The van der Waals surface area contributed by atoms with E-state index in [1.54, 1.807) is 0 Å². The highest BCUT2D eigenvalue weighted by Gasteiger charge is 2.04. The third kappa shape index (κ3) is 0.811. The lowest BCUT2D eigenvalue weighted by Crippen LogP contribution is -1.93. The number of aryl methyl sites for hydroxylation is 2. The first-order valence-corrected chi connectivity index (χ1v) is 4.03. The summed E-state index contributed by atoms with van der Waals surface area (Å²) in [7, 11) is 0. The number of nitrogen functional groups attached to an aromatic ring is 1. The van der Waals surface area contributed by atoms with Crippen LogP contribution in [-0.2, 0) is 0 Å². The van der Waals surface area contributed by atoms with Crippen LogP contribution < -0.4 is 5.73 Å². The lowest BCUT2D eigenvalue weighted by Gasteiger charge is -2.05. The molecular formula is C10H12N2. The molecule has 1 heterocycles. The second kappa shape index (κ2) is 2.27. The van der Waals surface area contributed by atoms with Gasteiger partial charge >= 0.3 is 0 Å². The van der Waals surface area contributed by atoms with Crippen molar-refractivity contribution >= 4 is 16.6 Å². The van der Waals surface area contributed by atoms with Crippen LogP contribution in [0.4, 0.5) is 5.69 Å². The molecule has 0 aliphatic rings. The topological polar surface area (TPSA) is 41.8 Å². The Balaban J connectivity index is 2.94. The molecule has 0 saturated carbocycles.